The van der Waals surface area contributed by atoms with Crippen LogP contribution in [0.2, 0.25) is 0 Å². The Labute approximate surface area is 117 Å². The maximum absolute atomic E-state index is 9.58. The molecule has 1 aliphatic heterocycles. The lowest BCUT2D eigenvalue weighted by Gasteiger charge is -2.20. The number of nitrogens with zero attached hydrogens (tertiary/aromatic N) is 1. The number of nitrogens with one attached hydrogen (secondary N) is 1. The fraction of sp³-hybridized carbons (Fsp3) is 0.571. The van der Waals surface area contributed by atoms with Crippen molar-refractivity contribution in [2.75, 3.05) is 18.0 Å². The molecule has 18 heavy (non-hydrogen) atoms. The van der Waals surface area contributed by atoms with E-state index in [4.69, 9.17) is 0 Å². The first kappa shape index (κ1) is 13.8. The molecule has 0 bridgehead atoms. The van der Waals surface area contributed by atoms with E-state index in [0.717, 1.165) is 30.5 Å². The molecule has 1 aliphatic rings. The van der Waals surface area contributed by atoms with Crippen LogP contribution in [0, 0.1) is 0 Å². The Bertz CT molecular complexity index is 409. The molecule has 2 rings (SSSR count). The lowest BCUT2D eigenvalue weighted by Crippen LogP contribution is -2.23. The van der Waals surface area contributed by atoms with Gasteiger partial charge >= 0.3 is 0 Å². The zero-order valence-corrected chi connectivity index (χ0v) is 12.6. The molecule has 0 aliphatic carbocycles. The molecule has 4 heteroatoms. The number of aliphatic hydroxyl groups is 1. The number of hydrogen-bond donors (Lipinski definition) is 2. The van der Waals surface area contributed by atoms with Crippen molar-refractivity contribution in [3.05, 3.63) is 28.2 Å². The third-order valence-corrected chi connectivity index (χ3v) is 3.87. The molecule has 1 unspecified atom stereocenters. The number of halogens is 1. The van der Waals surface area contributed by atoms with E-state index < -0.39 is 0 Å². The van der Waals surface area contributed by atoms with Crippen LogP contribution in [-0.2, 0) is 6.54 Å². The highest BCUT2D eigenvalue weighted by Gasteiger charge is 2.21. The maximum Gasteiger partial charge on any atom is 0.0731 e. The number of benzene rings is 1. The SMILES string of the molecule is CC(C)NCc1ccc(N2CCC(O)C2)c(Br)c1. The van der Waals surface area contributed by atoms with Crippen molar-refractivity contribution in [1.29, 1.82) is 0 Å². The molecular weight excluding hydrogens is 292 g/mol. The molecule has 2 N–H and O–H groups in total. The van der Waals surface area contributed by atoms with Crippen LogP contribution in [0.25, 0.3) is 0 Å². The highest BCUT2D eigenvalue weighted by Crippen LogP contribution is 2.30. The van der Waals surface area contributed by atoms with Crippen LogP contribution in [-0.4, -0.2) is 30.3 Å². The monoisotopic (exact) mass is 312 g/mol. The standard InChI is InChI=1S/C14H21BrN2O/c1-10(2)16-8-11-3-4-14(13(15)7-11)17-6-5-12(18)9-17/h3-4,7,10,12,16,18H,5-6,8-9H2,1-2H3. The van der Waals surface area contributed by atoms with E-state index in [1.54, 1.807) is 0 Å². The summed E-state index contributed by atoms with van der Waals surface area (Å²) in [5.41, 5.74) is 2.46. The summed E-state index contributed by atoms with van der Waals surface area (Å²) in [6.07, 6.45) is 0.683. The molecule has 1 aromatic carbocycles. The first-order chi connectivity index (χ1) is 8.56. The minimum absolute atomic E-state index is 0.181. The largest absolute Gasteiger partial charge is 0.391 e. The molecule has 1 saturated heterocycles. The molecular formula is C14H21BrN2O. The summed E-state index contributed by atoms with van der Waals surface area (Å²) >= 11 is 3.63. The summed E-state index contributed by atoms with van der Waals surface area (Å²) in [5.74, 6) is 0. The number of aliphatic hydroxyl groups excluding tert-OH is 1. The Hall–Kier alpha value is -0.580. The van der Waals surface area contributed by atoms with E-state index in [0.29, 0.717) is 6.04 Å². The van der Waals surface area contributed by atoms with Gasteiger partial charge in [-0.2, -0.15) is 0 Å². The molecule has 1 heterocycles. The summed E-state index contributed by atoms with van der Waals surface area (Å²) in [6.45, 7) is 6.86. The number of β-amino-alcohol motifs (C(OH)–C–C–N with tert-alkyl or cyclic N) is 1. The molecule has 100 valence electrons. The topological polar surface area (TPSA) is 35.5 Å². The van der Waals surface area contributed by atoms with Gasteiger partial charge in [0.1, 0.15) is 0 Å². The highest BCUT2D eigenvalue weighted by atomic mass is 79.9. The number of rotatable bonds is 4. The smallest absolute Gasteiger partial charge is 0.0731 e. The van der Waals surface area contributed by atoms with E-state index in [2.05, 4.69) is 58.2 Å². The molecule has 0 spiro atoms. The van der Waals surface area contributed by atoms with Crippen molar-refractivity contribution in [3.8, 4) is 0 Å². The van der Waals surface area contributed by atoms with E-state index in [-0.39, 0.29) is 6.10 Å². The minimum atomic E-state index is -0.181. The van der Waals surface area contributed by atoms with Crippen LogP contribution >= 0.6 is 15.9 Å². The van der Waals surface area contributed by atoms with E-state index in [9.17, 15) is 5.11 Å². The fourth-order valence-corrected chi connectivity index (χ4v) is 2.88. The normalized spacial score (nSPS) is 19.8. The Morgan fingerprint density at radius 1 is 1.50 bits per heavy atom. The van der Waals surface area contributed by atoms with Crippen LogP contribution in [0.5, 0.6) is 0 Å². The zero-order valence-electron chi connectivity index (χ0n) is 11.0. The van der Waals surface area contributed by atoms with Crippen molar-refractivity contribution in [2.45, 2.75) is 39.0 Å². The molecule has 0 amide bonds. The first-order valence-corrected chi connectivity index (χ1v) is 7.30. The van der Waals surface area contributed by atoms with Gasteiger partial charge in [-0.3, -0.25) is 0 Å². The van der Waals surface area contributed by atoms with Gasteiger partial charge < -0.3 is 15.3 Å². The summed E-state index contributed by atoms with van der Waals surface area (Å²) < 4.78 is 1.11. The van der Waals surface area contributed by atoms with Crippen molar-refractivity contribution in [1.82, 2.24) is 5.32 Å². The second-order valence-electron chi connectivity index (χ2n) is 5.21. The average molecular weight is 313 g/mol. The molecule has 0 saturated carbocycles. The lowest BCUT2D eigenvalue weighted by atomic mass is 10.2. The highest BCUT2D eigenvalue weighted by molar-refractivity contribution is 9.10. The van der Waals surface area contributed by atoms with Gasteiger partial charge in [0.15, 0.2) is 0 Å². The third kappa shape index (κ3) is 3.46. The van der Waals surface area contributed by atoms with Gasteiger partial charge in [0.05, 0.1) is 11.8 Å². The maximum atomic E-state index is 9.58. The summed E-state index contributed by atoms with van der Waals surface area (Å²) in [6, 6.07) is 6.95. The van der Waals surface area contributed by atoms with Crippen LogP contribution in [0.3, 0.4) is 0 Å². The van der Waals surface area contributed by atoms with E-state index in [1.807, 2.05) is 0 Å². The molecule has 0 aromatic heterocycles. The van der Waals surface area contributed by atoms with Crippen molar-refractivity contribution in [2.24, 2.45) is 0 Å². The minimum Gasteiger partial charge on any atom is -0.391 e. The Morgan fingerprint density at radius 2 is 2.28 bits per heavy atom. The van der Waals surface area contributed by atoms with Gasteiger partial charge in [-0.05, 0) is 40.0 Å². The molecule has 1 atom stereocenters. The fourth-order valence-electron chi connectivity index (χ4n) is 2.20. The predicted molar refractivity (Wildman–Crippen MR) is 79.0 cm³/mol. The van der Waals surface area contributed by atoms with Crippen molar-refractivity contribution in [3.63, 3.8) is 0 Å². The van der Waals surface area contributed by atoms with Gasteiger partial charge in [0, 0.05) is 30.1 Å². The van der Waals surface area contributed by atoms with Crippen molar-refractivity contribution >= 4 is 21.6 Å². The zero-order chi connectivity index (χ0) is 13.1. The average Bonchev–Trinajstić information content (AvgIpc) is 2.73. The van der Waals surface area contributed by atoms with Gasteiger partial charge in [0.2, 0.25) is 0 Å². The van der Waals surface area contributed by atoms with Crippen molar-refractivity contribution < 1.29 is 5.11 Å². The second kappa shape index (κ2) is 6.04. The summed E-state index contributed by atoms with van der Waals surface area (Å²) in [7, 11) is 0. The quantitative estimate of drug-likeness (QED) is 0.897. The molecule has 1 aromatic rings. The summed E-state index contributed by atoms with van der Waals surface area (Å²) in [4.78, 5) is 2.23. The molecule has 3 nitrogen and oxygen atoms in total. The van der Waals surface area contributed by atoms with Crippen LogP contribution in [0.1, 0.15) is 25.8 Å². The lowest BCUT2D eigenvalue weighted by molar-refractivity contribution is 0.198. The Morgan fingerprint density at radius 3 is 2.83 bits per heavy atom. The van der Waals surface area contributed by atoms with Gasteiger partial charge in [-0.15, -0.1) is 0 Å². The van der Waals surface area contributed by atoms with Gasteiger partial charge in [-0.1, -0.05) is 19.9 Å². The Kier molecular flexibility index (Phi) is 4.65. The van der Waals surface area contributed by atoms with E-state index >= 15 is 0 Å². The molecule has 1 fully saturated rings. The van der Waals surface area contributed by atoms with Gasteiger partial charge in [0.25, 0.3) is 0 Å². The van der Waals surface area contributed by atoms with E-state index in [1.165, 1.54) is 11.3 Å². The predicted octanol–water partition coefficient (Wildman–Crippen LogP) is 2.52. The third-order valence-electron chi connectivity index (χ3n) is 3.23. The Balaban J connectivity index is 2.05. The summed E-state index contributed by atoms with van der Waals surface area (Å²) in [5, 5.41) is 13.0. The van der Waals surface area contributed by atoms with Crippen LogP contribution in [0.4, 0.5) is 5.69 Å². The number of anilines is 1. The second-order valence-corrected chi connectivity index (χ2v) is 6.06. The number of hydrogen-bond acceptors (Lipinski definition) is 3. The van der Waals surface area contributed by atoms with Gasteiger partial charge in [-0.25, -0.2) is 0 Å². The van der Waals surface area contributed by atoms with Crippen LogP contribution in [0.15, 0.2) is 22.7 Å². The molecule has 0 radical (unpaired) electrons. The first-order valence-electron chi connectivity index (χ1n) is 6.51. The van der Waals surface area contributed by atoms with Crippen LogP contribution < -0.4 is 10.2 Å².